The number of hydrogen-bond donors (Lipinski definition) is 2. The second kappa shape index (κ2) is 11.6. The molecule has 0 amide bonds. The molecule has 0 radical (unpaired) electrons. The first-order valence-electron chi connectivity index (χ1n) is 8.32. The molecule has 1 aromatic carbocycles. The van der Waals surface area contributed by atoms with Crippen LogP contribution in [0.5, 0.6) is 0 Å². The Morgan fingerprint density at radius 3 is 1.92 bits per heavy atom. The summed E-state index contributed by atoms with van der Waals surface area (Å²) in [5.74, 6) is -0.688. The van der Waals surface area contributed by atoms with Crippen LogP contribution in [-0.2, 0) is 9.47 Å². The van der Waals surface area contributed by atoms with Gasteiger partial charge in [0.15, 0.2) is 0 Å². The van der Waals surface area contributed by atoms with Gasteiger partial charge in [0.2, 0.25) is 0 Å². The minimum Gasteiger partial charge on any atom is -0.462 e. The van der Waals surface area contributed by atoms with Gasteiger partial charge in [-0.3, -0.25) is 0 Å². The first-order chi connectivity index (χ1) is 11.6. The van der Waals surface area contributed by atoms with Crippen LogP contribution >= 0.6 is 0 Å². The molecule has 0 saturated heterocycles. The van der Waals surface area contributed by atoms with Crippen LogP contribution in [0, 0.1) is 0 Å². The number of rotatable bonds is 5. The second-order valence-corrected chi connectivity index (χ2v) is 5.41. The minimum atomic E-state index is -0.375. The van der Waals surface area contributed by atoms with Crippen molar-refractivity contribution in [3.8, 4) is 0 Å². The van der Waals surface area contributed by atoms with Gasteiger partial charge in [-0.25, -0.2) is 9.59 Å². The third-order valence-electron chi connectivity index (χ3n) is 3.56. The smallest absolute Gasteiger partial charge is 0.338 e. The quantitative estimate of drug-likeness (QED) is 0.801. The molecule has 1 fully saturated rings. The maximum absolute atomic E-state index is 12.0. The van der Waals surface area contributed by atoms with Crippen molar-refractivity contribution < 1.29 is 29.3 Å². The number of aliphatic hydroxyl groups excluding tert-OH is 2. The van der Waals surface area contributed by atoms with Crippen LogP contribution in [0.3, 0.4) is 0 Å². The van der Waals surface area contributed by atoms with Gasteiger partial charge in [-0.05, 0) is 56.9 Å². The van der Waals surface area contributed by atoms with Crippen molar-refractivity contribution in [2.24, 2.45) is 0 Å². The summed E-state index contributed by atoms with van der Waals surface area (Å²) in [5, 5.41) is 15.2. The second-order valence-electron chi connectivity index (χ2n) is 5.41. The third kappa shape index (κ3) is 7.10. The van der Waals surface area contributed by atoms with E-state index in [1.165, 1.54) is 6.42 Å². The van der Waals surface area contributed by atoms with Gasteiger partial charge in [0, 0.05) is 0 Å². The Morgan fingerprint density at radius 1 is 0.958 bits per heavy atom. The number of carbonyl (C=O) groups excluding carboxylic acids is 2. The number of aliphatic hydroxyl groups is 2. The number of hydrogen-bond acceptors (Lipinski definition) is 6. The Balaban J connectivity index is 0.000000648. The summed E-state index contributed by atoms with van der Waals surface area (Å²) in [5.41, 5.74) is 0.921. The monoisotopic (exact) mass is 338 g/mol. The van der Waals surface area contributed by atoms with Gasteiger partial charge in [0.1, 0.15) is 6.10 Å². The van der Waals surface area contributed by atoms with E-state index in [9.17, 15) is 9.59 Å². The Hall–Kier alpha value is -1.92. The predicted octanol–water partition coefficient (Wildman–Crippen LogP) is 2.32. The zero-order valence-corrected chi connectivity index (χ0v) is 14.1. The van der Waals surface area contributed by atoms with Crippen molar-refractivity contribution in [2.75, 3.05) is 19.8 Å². The van der Waals surface area contributed by atoms with E-state index in [1.807, 2.05) is 0 Å². The molecule has 134 valence electrons. The third-order valence-corrected chi connectivity index (χ3v) is 3.56. The van der Waals surface area contributed by atoms with Gasteiger partial charge in [0.25, 0.3) is 0 Å². The van der Waals surface area contributed by atoms with Crippen molar-refractivity contribution in [2.45, 2.75) is 45.1 Å². The van der Waals surface area contributed by atoms with E-state index in [2.05, 4.69) is 0 Å². The molecular weight excluding hydrogens is 312 g/mol. The Labute approximate surface area is 142 Å². The summed E-state index contributed by atoms with van der Waals surface area (Å²) < 4.78 is 10.4. The van der Waals surface area contributed by atoms with Crippen molar-refractivity contribution in [1.29, 1.82) is 0 Å². The molecule has 2 N–H and O–H groups in total. The van der Waals surface area contributed by atoms with Crippen LogP contribution in [0.4, 0.5) is 0 Å². The molecule has 0 aromatic heterocycles. The van der Waals surface area contributed by atoms with Crippen LogP contribution in [0.2, 0.25) is 0 Å². The molecule has 6 heteroatoms. The molecule has 0 atom stereocenters. The van der Waals surface area contributed by atoms with Gasteiger partial charge in [0.05, 0.1) is 30.9 Å². The normalized spacial score (nSPS) is 14.3. The first-order valence-corrected chi connectivity index (χ1v) is 8.32. The standard InChI is InChI=1S/C16H20O4.C2H6O2/c1-2-19-15(17)12-8-10-13(11-9-12)16(18)20-14-6-4-3-5-7-14;3-1-2-4/h8-11,14H,2-7H2,1H3;3-4H,1-2H2. The maximum Gasteiger partial charge on any atom is 0.338 e. The van der Waals surface area contributed by atoms with Crippen LogP contribution < -0.4 is 0 Å². The van der Waals surface area contributed by atoms with E-state index in [0.717, 1.165) is 25.7 Å². The molecule has 0 bridgehead atoms. The van der Waals surface area contributed by atoms with Gasteiger partial charge in [-0.15, -0.1) is 0 Å². The Bertz CT molecular complexity index is 489. The molecule has 1 aromatic rings. The molecule has 1 saturated carbocycles. The number of carbonyl (C=O) groups is 2. The van der Waals surface area contributed by atoms with Crippen molar-refractivity contribution >= 4 is 11.9 Å². The van der Waals surface area contributed by atoms with Gasteiger partial charge >= 0.3 is 11.9 Å². The van der Waals surface area contributed by atoms with Gasteiger partial charge in [-0.1, -0.05) is 6.42 Å². The van der Waals surface area contributed by atoms with E-state index in [1.54, 1.807) is 31.2 Å². The van der Waals surface area contributed by atoms with Crippen molar-refractivity contribution in [1.82, 2.24) is 0 Å². The molecule has 1 aliphatic carbocycles. The van der Waals surface area contributed by atoms with E-state index in [4.69, 9.17) is 19.7 Å². The molecule has 2 rings (SSSR count). The van der Waals surface area contributed by atoms with Crippen molar-refractivity contribution in [3.05, 3.63) is 35.4 Å². The van der Waals surface area contributed by atoms with Gasteiger partial charge in [-0.2, -0.15) is 0 Å². The molecule has 1 aliphatic rings. The summed E-state index contributed by atoms with van der Waals surface area (Å²) in [4.78, 5) is 23.5. The fourth-order valence-electron chi connectivity index (χ4n) is 2.36. The first kappa shape index (κ1) is 20.1. The lowest BCUT2D eigenvalue weighted by Crippen LogP contribution is -2.21. The Kier molecular flexibility index (Phi) is 9.72. The zero-order chi connectivity index (χ0) is 17.8. The number of esters is 2. The van der Waals surface area contributed by atoms with Gasteiger partial charge < -0.3 is 19.7 Å². The molecule has 24 heavy (non-hydrogen) atoms. The van der Waals surface area contributed by atoms with E-state index in [0.29, 0.717) is 17.7 Å². The fourth-order valence-corrected chi connectivity index (χ4v) is 2.36. The average Bonchev–Trinajstić information content (AvgIpc) is 2.63. The van der Waals surface area contributed by atoms with Crippen LogP contribution in [0.1, 0.15) is 59.7 Å². The lowest BCUT2D eigenvalue weighted by molar-refractivity contribution is 0.0210. The molecule has 6 nitrogen and oxygen atoms in total. The molecule has 0 aliphatic heterocycles. The average molecular weight is 338 g/mol. The summed E-state index contributed by atoms with van der Waals surface area (Å²) >= 11 is 0. The fraction of sp³-hybridized carbons (Fsp3) is 0.556. The van der Waals surface area contributed by atoms with Crippen LogP contribution in [-0.4, -0.2) is 48.1 Å². The van der Waals surface area contributed by atoms with E-state index in [-0.39, 0.29) is 31.3 Å². The molecule has 0 spiro atoms. The number of ether oxygens (including phenoxy) is 2. The zero-order valence-electron chi connectivity index (χ0n) is 14.1. The largest absolute Gasteiger partial charge is 0.462 e. The molecular formula is C18H26O6. The SMILES string of the molecule is CCOC(=O)c1ccc(C(=O)OC2CCCCC2)cc1.OCCO. The summed E-state index contributed by atoms with van der Waals surface area (Å²) in [6.45, 7) is 1.85. The molecule has 0 unspecified atom stereocenters. The summed E-state index contributed by atoms with van der Waals surface area (Å²) in [6, 6.07) is 6.40. The highest BCUT2D eigenvalue weighted by molar-refractivity contribution is 5.93. The van der Waals surface area contributed by atoms with Crippen LogP contribution in [0.25, 0.3) is 0 Å². The lowest BCUT2D eigenvalue weighted by atomic mass is 9.98. The van der Waals surface area contributed by atoms with E-state index < -0.39 is 0 Å². The Morgan fingerprint density at radius 2 is 1.46 bits per heavy atom. The van der Waals surface area contributed by atoms with E-state index >= 15 is 0 Å². The van der Waals surface area contributed by atoms with Crippen LogP contribution in [0.15, 0.2) is 24.3 Å². The lowest BCUT2D eigenvalue weighted by Gasteiger charge is -2.21. The summed E-state index contributed by atoms with van der Waals surface area (Å²) in [6.07, 6.45) is 5.42. The van der Waals surface area contributed by atoms with Crippen molar-refractivity contribution in [3.63, 3.8) is 0 Å². The highest BCUT2D eigenvalue weighted by atomic mass is 16.5. The molecule has 0 heterocycles. The predicted molar refractivity (Wildman–Crippen MR) is 88.9 cm³/mol. The minimum absolute atomic E-state index is 0.0426. The maximum atomic E-state index is 12.0. The highest BCUT2D eigenvalue weighted by Gasteiger charge is 2.19. The summed E-state index contributed by atoms with van der Waals surface area (Å²) in [7, 11) is 0. The highest BCUT2D eigenvalue weighted by Crippen LogP contribution is 2.21. The number of benzene rings is 1. The topological polar surface area (TPSA) is 93.1 Å².